The zero-order valence-electron chi connectivity index (χ0n) is 11.6. The predicted molar refractivity (Wildman–Crippen MR) is 75.4 cm³/mol. The Morgan fingerprint density at radius 3 is 3.05 bits per heavy atom. The number of nitrogens with zero attached hydrogens (tertiary/aromatic N) is 3. The standard InChI is InChI=1S/C13H21N5O/c1-3-5-15-12-10(2)13(17-9-16-12)18-7-4-11(19)14-6-8-18/h9H,3-8H2,1-2H3,(H,14,19)(H,15,16,17). The minimum absolute atomic E-state index is 0.110. The second kappa shape index (κ2) is 6.36. The third kappa shape index (κ3) is 3.33. The van der Waals surface area contributed by atoms with Crippen LogP contribution in [0.25, 0.3) is 0 Å². The molecule has 0 spiro atoms. The topological polar surface area (TPSA) is 70.2 Å². The van der Waals surface area contributed by atoms with E-state index in [-0.39, 0.29) is 5.91 Å². The monoisotopic (exact) mass is 263 g/mol. The Kier molecular flexibility index (Phi) is 4.54. The van der Waals surface area contributed by atoms with Gasteiger partial charge >= 0.3 is 0 Å². The molecule has 19 heavy (non-hydrogen) atoms. The number of amides is 1. The maximum absolute atomic E-state index is 11.4. The summed E-state index contributed by atoms with van der Waals surface area (Å²) in [6.45, 7) is 7.20. The van der Waals surface area contributed by atoms with Crippen LogP contribution in [0.2, 0.25) is 0 Å². The summed E-state index contributed by atoms with van der Waals surface area (Å²) in [5, 5.41) is 6.18. The van der Waals surface area contributed by atoms with Crippen LogP contribution in [0.1, 0.15) is 25.3 Å². The van der Waals surface area contributed by atoms with Crippen molar-refractivity contribution in [2.75, 3.05) is 36.4 Å². The summed E-state index contributed by atoms with van der Waals surface area (Å²) in [6.07, 6.45) is 3.16. The third-order valence-electron chi connectivity index (χ3n) is 3.21. The van der Waals surface area contributed by atoms with Gasteiger partial charge in [0, 0.05) is 38.2 Å². The van der Waals surface area contributed by atoms with Crippen LogP contribution in [0.4, 0.5) is 11.6 Å². The summed E-state index contributed by atoms with van der Waals surface area (Å²) in [6, 6.07) is 0. The summed E-state index contributed by atoms with van der Waals surface area (Å²) in [7, 11) is 0. The van der Waals surface area contributed by atoms with Crippen LogP contribution < -0.4 is 15.5 Å². The van der Waals surface area contributed by atoms with Crippen molar-refractivity contribution in [1.29, 1.82) is 0 Å². The lowest BCUT2D eigenvalue weighted by atomic mass is 10.2. The molecule has 0 aliphatic carbocycles. The van der Waals surface area contributed by atoms with Crippen molar-refractivity contribution in [3.8, 4) is 0 Å². The van der Waals surface area contributed by atoms with Gasteiger partial charge in [0.05, 0.1) is 0 Å². The molecule has 1 aliphatic heterocycles. The van der Waals surface area contributed by atoms with Crippen molar-refractivity contribution < 1.29 is 4.79 Å². The van der Waals surface area contributed by atoms with Gasteiger partial charge in [-0.25, -0.2) is 9.97 Å². The lowest BCUT2D eigenvalue weighted by Gasteiger charge is -2.23. The van der Waals surface area contributed by atoms with Gasteiger partial charge in [0.2, 0.25) is 5.91 Å². The summed E-state index contributed by atoms with van der Waals surface area (Å²) in [5.41, 5.74) is 1.05. The molecule has 2 N–H and O–H groups in total. The number of carbonyl (C=O) groups is 1. The van der Waals surface area contributed by atoms with Crippen LogP contribution in [0.5, 0.6) is 0 Å². The normalized spacial score (nSPS) is 15.9. The first-order valence-corrected chi connectivity index (χ1v) is 6.79. The fourth-order valence-corrected chi connectivity index (χ4v) is 2.16. The molecule has 1 saturated heterocycles. The molecule has 0 unspecified atom stereocenters. The maximum atomic E-state index is 11.4. The number of aromatic nitrogens is 2. The molecule has 2 rings (SSSR count). The number of carbonyl (C=O) groups excluding carboxylic acids is 1. The molecule has 2 heterocycles. The summed E-state index contributed by atoms with van der Waals surface area (Å²) >= 11 is 0. The third-order valence-corrected chi connectivity index (χ3v) is 3.21. The van der Waals surface area contributed by atoms with Gasteiger partial charge in [-0.3, -0.25) is 4.79 Å². The minimum Gasteiger partial charge on any atom is -0.370 e. The number of anilines is 2. The van der Waals surface area contributed by atoms with Gasteiger partial charge < -0.3 is 15.5 Å². The van der Waals surface area contributed by atoms with E-state index >= 15 is 0 Å². The van der Waals surface area contributed by atoms with Crippen LogP contribution in [0.3, 0.4) is 0 Å². The molecule has 0 aromatic carbocycles. The van der Waals surface area contributed by atoms with Gasteiger partial charge in [0.25, 0.3) is 0 Å². The quantitative estimate of drug-likeness (QED) is 0.846. The number of nitrogens with one attached hydrogen (secondary N) is 2. The zero-order valence-corrected chi connectivity index (χ0v) is 11.6. The van der Waals surface area contributed by atoms with Crippen LogP contribution >= 0.6 is 0 Å². The van der Waals surface area contributed by atoms with Crippen LogP contribution in [-0.4, -0.2) is 42.1 Å². The van der Waals surface area contributed by atoms with Gasteiger partial charge in [-0.2, -0.15) is 0 Å². The molecule has 0 atom stereocenters. The van der Waals surface area contributed by atoms with Crippen molar-refractivity contribution in [3.05, 3.63) is 11.9 Å². The van der Waals surface area contributed by atoms with E-state index in [9.17, 15) is 4.79 Å². The van der Waals surface area contributed by atoms with Crippen molar-refractivity contribution in [2.24, 2.45) is 0 Å². The molecule has 0 saturated carbocycles. The summed E-state index contributed by atoms with van der Waals surface area (Å²) in [4.78, 5) is 22.2. The summed E-state index contributed by atoms with van der Waals surface area (Å²) in [5.74, 6) is 1.92. The minimum atomic E-state index is 0.110. The van der Waals surface area contributed by atoms with Gasteiger partial charge in [0.1, 0.15) is 18.0 Å². The fraction of sp³-hybridized carbons (Fsp3) is 0.615. The van der Waals surface area contributed by atoms with Gasteiger partial charge in [-0.05, 0) is 13.3 Å². The molecule has 1 amide bonds. The average Bonchev–Trinajstić information content (AvgIpc) is 2.62. The van der Waals surface area contributed by atoms with Crippen molar-refractivity contribution in [2.45, 2.75) is 26.7 Å². The van der Waals surface area contributed by atoms with E-state index in [2.05, 4.69) is 32.4 Å². The lowest BCUT2D eigenvalue weighted by molar-refractivity contribution is -0.120. The number of rotatable bonds is 4. The van der Waals surface area contributed by atoms with Crippen LogP contribution in [0, 0.1) is 6.92 Å². The largest absolute Gasteiger partial charge is 0.370 e. The maximum Gasteiger partial charge on any atom is 0.221 e. The van der Waals surface area contributed by atoms with E-state index in [1.165, 1.54) is 0 Å². The fourth-order valence-electron chi connectivity index (χ4n) is 2.16. The highest BCUT2D eigenvalue weighted by atomic mass is 16.1. The van der Waals surface area contributed by atoms with E-state index < -0.39 is 0 Å². The molecule has 1 aliphatic rings. The second-order valence-corrected chi connectivity index (χ2v) is 4.68. The van der Waals surface area contributed by atoms with Gasteiger partial charge in [0.15, 0.2) is 0 Å². The van der Waals surface area contributed by atoms with Crippen molar-refractivity contribution in [3.63, 3.8) is 0 Å². The van der Waals surface area contributed by atoms with Crippen molar-refractivity contribution >= 4 is 17.5 Å². The highest BCUT2D eigenvalue weighted by Crippen LogP contribution is 2.22. The van der Waals surface area contributed by atoms with Gasteiger partial charge in [-0.1, -0.05) is 6.92 Å². The highest BCUT2D eigenvalue weighted by Gasteiger charge is 2.18. The molecule has 1 aromatic heterocycles. The van der Waals surface area contributed by atoms with Crippen LogP contribution in [0.15, 0.2) is 6.33 Å². The molecular formula is C13H21N5O. The summed E-state index contributed by atoms with van der Waals surface area (Å²) < 4.78 is 0. The molecular weight excluding hydrogens is 242 g/mol. The Morgan fingerprint density at radius 1 is 1.42 bits per heavy atom. The Labute approximate surface area is 113 Å². The van der Waals surface area contributed by atoms with Crippen LogP contribution in [-0.2, 0) is 4.79 Å². The van der Waals surface area contributed by atoms with E-state index in [1.54, 1.807) is 6.33 Å². The molecule has 6 nitrogen and oxygen atoms in total. The zero-order chi connectivity index (χ0) is 13.7. The van der Waals surface area contributed by atoms with E-state index in [0.717, 1.165) is 36.7 Å². The highest BCUT2D eigenvalue weighted by molar-refractivity contribution is 5.77. The molecule has 1 fully saturated rings. The molecule has 0 radical (unpaired) electrons. The average molecular weight is 263 g/mol. The first-order valence-electron chi connectivity index (χ1n) is 6.79. The first-order chi connectivity index (χ1) is 9.22. The molecule has 0 bridgehead atoms. The van der Waals surface area contributed by atoms with Crippen molar-refractivity contribution in [1.82, 2.24) is 15.3 Å². The molecule has 6 heteroatoms. The Morgan fingerprint density at radius 2 is 2.26 bits per heavy atom. The number of hydrogen-bond donors (Lipinski definition) is 2. The predicted octanol–water partition coefficient (Wildman–Crippen LogP) is 0.933. The van der Waals surface area contributed by atoms with E-state index in [1.807, 2.05) is 6.92 Å². The first kappa shape index (κ1) is 13.6. The smallest absolute Gasteiger partial charge is 0.221 e. The van der Waals surface area contributed by atoms with Gasteiger partial charge in [-0.15, -0.1) is 0 Å². The molecule has 1 aromatic rings. The number of hydrogen-bond acceptors (Lipinski definition) is 5. The molecule has 104 valence electrons. The van der Waals surface area contributed by atoms with E-state index in [4.69, 9.17) is 0 Å². The van der Waals surface area contributed by atoms with E-state index in [0.29, 0.717) is 19.5 Å². The Bertz CT molecular complexity index is 449. The SMILES string of the molecule is CCCNc1ncnc(N2CCNC(=O)CC2)c1C. The second-order valence-electron chi connectivity index (χ2n) is 4.68. The lowest BCUT2D eigenvalue weighted by Crippen LogP contribution is -2.29. The Hall–Kier alpha value is -1.85. The Balaban J connectivity index is 2.16.